The number of ether oxygens (including phenoxy) is 1. The molecule has 6 heteroatoms. The molecule has 23 heavy (non-hydrogen) atoms. The largest absolute Gasteiger partial charge is 0.507 e. The number of benzene rings is 2. The van der Waals surface area contributed by atoms with Gasteiger partial charge in [0.25, 0.3) is 0 Å². The molecule has 0 saturated carbocycles. The molecule has 0 spiro atoms. The number of aromatic hydroxyl groups is 1. The Bertz CT molecular complexity index is 755. The Morgan fingerprint density at radius 1 is 1.17 bits per heavy atom. The van der Waals surface area contributed by atoms with Crippen molar-refractivity contribution in [2.24, 2.45) is 0 Å². The van der Waals surface area contributed by atoms with Gasteiger partial charge in [0.2, 0.25) is 0 Å². The Balaban J connectivity index is 2.16. The molecule has 0 saturated heterocycles. The minimum Gasteiger partial charge on any atom is -0.507 e. The van der Waals surface area contributed by atoms with E-state index in [9.17, 15) is 14.7 Å². The van der Waals surface area contributed by atoms with E-state index in [0.717, 1.165) is 5.56 Å². The molecule has 6 nitrogen and oxygen atoms in total. The van der Waals surface area contributed by atoms with Gasteiger partial charge >= 0.3 is 5.97 Å². The minimum atomic E-state index is -1.02. The molecular formula is C17H17NO5. The fourth-order valence-electron chi connectivity index (χ4n) is 2.16. The second kappa shape index (κ2) is 6.83. The Kier molecular flexibility index (Phi) is 4.85. The highest BCUT2D eigenvalue weighted by Crippen LogP contribution is 2.25. The number of phenolic OH excluding ortho intramolecular Hbond substituents is 1. The standard InChI is InChI=1S/C17H17NO5/c1-10(19)14-6-5-13(8-15(14)20)18-9-12-4-3-11(17(21)22)7-16(12)23-2/h3-8,18,20H,9H2,1-2H3,(H,21,22). The third-order valence-corrected chi connectivity index (χ3v) is 3.39. The van der Waals surface area contributed by atoms with Gasteiger partial charge in [-0.1, -0.05) is 6.07 Å². The van der Waals surface area contributed by atoms with Crippen molar-refractivity contribution in [1.29, 1.82) is 0 Å². The number of Topliss-reactive ketones (excluding diaryl/α,β-unsaturated/α-hetero) is 1. The lowest BCUT2D eigenvalue weighted by Crippen LogP contribution is -2.04. The van der Waals surface area contributed by atoms with E-state index in [1.54, 1.807) is 18.2 Å². The lowest BCUT2D eigenvalue weighted by molar-refractivity contribution is 0.0696. The average molecular weight is 315 g/mol. The number of aromatic carboxylic acids is 1. The highest BCUT2D eigenvalue weighted by Gasteiger charge is 2.10. The number of hydrogen-bond acceptors (Lipinski definition) is 5. The predicted octanol–water partition coefficient (Wildman–Crippen LogP) is 2.91. The van der Waals surface area contributed by atoms with Gasteiger partial charge in [0.05, 0.1) is 18.2 Å². The molecule has 0 radical (unpaired) electrons. The van der Waals surface area contributed by atoms with Crippen LogP contribution in [-0.2, 0) is 6.54 Å². The number of methoxy groups -OCH3 is 1. The van der Waals surface area contributed by atoms with Gasteiger partial charge in [0.15, 0.2) is 5.78 Å². The zero-order valence-corrected chi connectivity index (χ0v) is 12.8. The van der Waals surface area contributed by atoms with Crippen molar-refractivity contribution < 1.29 is 24.5 Å². The maximum absolute atomic E-state index is 11.3. The topological polar surface area (TPSA) is 95.9 Å². The van der Waals surface area contributed by atoms with Crippen LogP contribution in [0.5, 0.6) is 11.5 Å². The molecule has 2 rings (SSSR count). The zero-order chi connectivity index (χ0) is 17.0. The summed E-state index contributed by atoms with van der Waals surface area (Å²) in [6.45, 7) is 1.76. The molecule has 2 aromatic rings. The smallest absolute Gasteiger partial charge is 0.335 e. The first-order valence-corrected chi connectivity index (χ1v) is 6.90. The van der Waals surface area contributed by atoms with Gasteiger partial charge in [0, 0.05) is 23.9 Å². The minimum absolute atomic E-state index is 0.0873. The fourth-order valence-corrected chi connectivity index (χ4v) is 2.16. The SMILES string of the molecule is COc1cc(C(=O)O)ccc1CNc1ccc(C(C)=O)c(O)c1. The van der Waals surface area contributed by atoms with E-state index in [1.165, 1.54) is 32.2 Å². The van der Waals surface area contributed by atoms with Crippen LogP contribution in [0.1, 0.15) is 33.2 Å². The fraction of sp³-hybridized carbons (Fsp3) is 0.176. The summed E-state index contributed by atoms with van der Waals surface area (Å²) >= 11 is 0. The van der Waals surface area contributed by atoms with Gasteiger partial charge in [-0.25, -0.2) is 4.79 Å². The Morgan fingerprint density at radius 3 is 2.48 bits per heavy atom. The quantitative estimate of drug-likeness (QED) is 0.709. The van der Waals surface area contributed by atoms with Gasteiger partial charge in [-0.05, 0) is 31.2 Å². The second-order valence-electron chi connectivity index (χ2n) is 4.97. The van der Waals surface area contributed by atoms with Gasteiger partial charge in [0.1, 0.15) is 11.5 Å². The molecule has 0 bridgehead atoms. The average Bonchev–Trinajstić information content (AvgIpc) is 2.52. The molecule has 0 aromatic heterocycles. The molecular weight excluding hydrogens is 298 g/mol. The van der Waals surface area contributed by atoms with E-state index in [0.29, 0.717) is 18.0 Å². The van der Waals surface area contributed by atoms with Crippen molar-refractivity contribution in [3.05, 3.63) is 53.1 Å². The Morgan fingerprint density at radius 2 is 1.91 bits per heavy atom. The molecule has 2 aromatic carbocycles. The van der Waals surface area contributed by atoms with Crippen LogP contribution in [0.3, 0.4) is 0 Å². The van der Waals surface area contributed by atoms with E-state index < -0.39 is 5.97 Å². The molecule has 0 fully saturated rings. The summed E-state index contributed by atoms with van der Waals surface area (Å²) in [4.78, 5) is 22.2. The van der Waals surface area contributed by atoms with E-state index in [1.807, 2.05) is 0 Å². The number of carboxylic acid groups (broad SMARTS) is 1. The summed E-state index contributed by atoms with van der Waals surface area (Å²) in [7, 11) is 1.47. The number of carbonyl (C=O) groups is 2. The predicted molar refractivity (Wildman–Crippen MR) is 85.4 cm³/mol. The van der Waals surface area contributed by atoms with Gasteiger partial charge in [-0.15, -0.1) is 0 Å². The monoisotopic (exact) mass is 315 g/mol. The molecule has 3 N–H and O–H groups in total. The third kappa shape index (κ3) is 3.79. The molecule has 0 atom stereocenters. The van der Waals surface area contributed by atoms with Crippen LogP contribution >= 0.6 is 0 Å². The third-order valence-electron chi connectivity index (χ3n) is 3.39. The summed E-state index contributed by atoms with van der Waals surface area (Å²) in [5.41, 5.74) is 1.82. The number of rotatable bonds is 6. The first-order chi connectivity index (χ1) is 10.9. The zero-order valence-electron chi connectivity index (χ0n) is 12.8. The Hall–Kier alpha value is -3.02. The van der Waals surface area contributed by atoms with Crippen molar-refractivity contribution in [2.45, 2.75) is 13.5 Å². The molecule has 0 amide bonds. The number of carboxylic acids is 1. The van der Waals surface area contributed by atoms with Crippen LogP contribution in [0.15, 0.2) is 36.4 Å². The maximum atomic E-state index is 11.3. The number of carbonyl (C=O) groups excluding carboxylic acids is 1. The lowest BCUT2D eigenvalue weighted by Gasteiger charge is -2.12. The normalized spacial score (nSPS) is 10.2. The number of hydrogen-bond donors (Lipinski definition) is 3. The summed E-state index contributed by atoms with van der Waals surface area (Å²) < 4.78 is 5.20. The van der Waals surface area contributed by atoms with Gasteiger partial charge in [-0.2, -0.15) is 0 Å². The number of phenols is 1. The lowest BCUT2D eigenvalue weighted by atomic mass is 10.1. The summed E-state index contributed by atoms with van der Waals surface area (Å²) in [5, 5.41) is 21.9. The molecule has 120 valence electrons. The van der Waals surface area contributed by atoms with Crippen molar-refractivity contribution in [2.75, 3.05) is 12.4 Å². The van der Waals surface area contributed by atoms with Gasteiger partial charge < -0.3 is 20.3 Å². The van der Waals surface area contributed by atoms with Crippen LogP contribution in [0.4, 0.5) is 5.69 Å². The highest BCUT2D eigenvalue weighted by molar-refractivity contribution is 5.97. The molecule has 0 unspecified atom stereocenters. The van der Waals surface area contributed by atoms with E-state index in [4.69, 9.17) is 9.84 Å². The number of nitrogens with one attached hydrogen (secondary N) is 1. The van der Waals surface area contributed by atoms with Crippen LogP contribution in [-0.4, -0.2) is 29.1 Å². The first-order valence-electron chi connectivity index (χ1n) is 6.90. The molecule has 0 heterocycles. The van der Waals surface area contributed by atoms with E-state index in [2.05, 4.69) is 5.32 Å². The summed E-state index contributed by atoms with van der Waals surface area (Å²) in [5.74, 6) is -0.856. The van der Waals surface area contributed by atoms with Gasteiger partial charge in [-0.3, -0.25) is 4.79 Å². The van der Waals surface area contributed by atoms with Crippen molar-refractivity contribution in [3.8, 4) is 11.5 Å². The van der Waals surface area contributed by atoms with Crippen LogP contribution < -0.4 is 10.1 Å². The van der Waals surface area contributed by atoms with Crippen LogP contribution in [0, 0.1) is 0 Å². The first kappa shape index (κ1) is 16.4. The number of anilines is 1. The van der Waals surface area contributed by atoms with Crippen LogP contribution in [0.2, 0.25) is 0 Å². The highest BCUT2D eigenvalue weighted by atomic mass is 16.5. The Labute approximate surface area is 133 Å². The second-order valence-corrected chi connectivity index (χ2v) is 4.97. The van der Waals surface area contributed by atoms with Crippen molar-refractivity contribution in [3.63, 3.8) is 0 Å². The summed E-state index contributed by atoms with van der Waals surface area (Å²) in [6, 6.07) is 9.32. The van der Waals surface area contributed by atoms with Crippen LogP contribution in [0.25, 0.3) is 0 Å². The molecule has 0 aliphatic rings. The maximum Gasteiger partial charge on any atom is 0.335 e. The van der Waals surface area contributed by atoms with Crippen molar-refractivity contribution >= 4 is 17.4 Å². The molecule has 0 aliphatic carbocycles. The van der Waals surface area contributed by atoms with E-state index >= 15 is 0 Å². The number of ketones is 1. The molecule has 0 aliphatic heterocycles. The van der Waals surface area contributed by atoms with Crippen molar-refractivity contribution in [1.82, 2.24) is 0 Å². The summed E-state index contributed by atoms with van der Waals surface area (Å²) in [6.07, 6.45) is 0. The van der Waals surface area contributed by atoms with E-state index in [-0.39, 0.29) is 22.7 Å².